The third-order valence-corrected chi connectivity index (χ3v) is 3.72. The standard InChI is InChI=1S/C14H10BrF2NOS/c15-10-5-3-4-9(8-10)13(19)18-11-6-1-2-7-12(11)20-14(16)17/h1-8,14H,(H,18,19). The van der Waals surface area contributed by atoms with E-state index in [0.717, 1.165) is 4.47 Å². The second-order valence-electron chi connectivity index (χ2n) is 3.84. The van der Waals surface area contributed by atoms with Crippen LogP contribution < -0.4 is 5.32 Å². The minimum atomic E-state index is -2.53. The molecule has 20 heavy (non-hydrogen) atoms. The van der Waals surface area contributed by atoms with E-state index < -0.39 is 5.76 Å². The number of thioether (sulfide) groups is 1. The van der Waals surface area contributed by atoms with Gasteiger partial charge in [0.05, 0.1) is 5.69 Å². The number of nitrogens with one attached hydrogen (secondary N) is 1. The van der Waals surface area contributed by atoms with Crippen LogP contribution in [-0.2, 0) is 0 Å². The first-order valence-electron chi connectivity index (χ1n) is 5.67. The number of amides is 1. The topological polar surface area (TPSA) is 29.1 Å². The predicted molar refractivity (Wildman–Crippen MR) is 80.4 cm³/mol. The first-order chi connectivity index (χ1) is 9.56. The van der Waals surface area contributed by atoms with Crippen LogP contribution in [0.5, 0.6) is 0 Å². The van der Waals surface area contributed by atoms with Gasteiger partial charge in [0.15, 0.2) is 0 Å². The maximum atomic E-state index is 12.5. The first-order valence-corrected chi connectivity index (χ1v) is 7.34. The first kappa shape index (κ1) is 15.0. The highest BCUT2D eigenvalue weighted by molar-refractivity contribution is 9.10. The van der Waals surface area contributed by atoms with E-state index >= 15 is 0 Å². The fraction of sp³-hybridized carbons (Fsp3) is 0.0714. The van der Waals surface area contributed by atoms with Crippen LogP contribution in [0.2, 0.25) is 0 Å². The van der Waals surface area contributed by atoms with Gasteiger partial charge >= 0.3 is 0 Å². The van der Waals surface area contributed by atoms with Crippen molar-refractivity contribution in [2.75, 3.05) is 5.32 Å². The third-order valence-electron chi connectivity index (χ3n) is 2.44. The molecule has 0 saturated heterocycles. The molecule has 1 N–H and O–H groups in total. The lowest BCUT2D eigenvalue weighted by atomic mass is 10.2. The van der Waals surface area contributed by atoms with Crippen molar-refractivity contribution < 1.29 is 13.6 Å². The minimum Gasteiger partial charge on any atom is -0.321 e. The van der Waals surface area contributed by atoms with Crippen molar-refractivity contribution in [1.82, 2.24) is 0 Å². The van der Waals surface area contributed by atoms with Gasteiger partial charge in [-0.1, -0.05) is 45.9 Å². The number of rotatable bonds is 4. The number of halogens is 3. The molecule has 0 aliphatic carbocycles. The number of carbonyl (C=O) groups excluding carboxylic acids is 1. The second kappa shape index (κ2) is 6.85. The number of hydrogen-bond acceptors (Lipinski definition) is 2. The molecule has 0 spiro atoms. The Morgan fingerprint density at radius 1 is 1.15 bits per heavy atom. The lowest BCUT2D eigenvalue weighted by Gasteiger charge is -2.10. The highest BCUT2D eigenvalue weighted by Gasteiger charge is 2.12. The molecule has 2 nitrogen and oxygen atoms in total. The molecule has 0 radical (unpaired) electrons. The molecule has 104 valence electrons. The molecule has 0 unspecified atom stereocenters. The summed E-state index contributed by atoms with van der Waals surface area (Å²) in [7, 11) is 0. The molecule has 2 aromatic carbocycles. The van der Waals surface area contributed by atoms with Gasteiger partial charge in [0, 0.05) is 14.9 Å². The van der Waals surface area contributed by atoms with Crippen LogP contribution >= 0.6 is 27.7 Å². The molecule has 0 aliphatic rings. The van der Waals surface area contributed by atoms with Gasteiger partial charge in [0.25, 0.3) is 11.7 Å². The van der Waals surface area contributed by atoms with Crippen molar-refractivity contribution in [2.45, 2.75) is 10.7 Å². The molecule has 1 amide bonds. The summed E-state index contributed by atoms with van der Waals surface area (Å²) in [4.78, 5) is 12.4. The molecule has 2 rings (SSSR count). The molecule has 0 fully saturated rings. The van der Waals surface area contributed by atoms with Gasteiger partial charge in [0.1, 0.15) is 0 Å². The number of alkyl halides is 2. The summed E-state index contributed by atoms with van der Waals surface area (Å²) < 4.78 is 25.7. The number of hydrogen-bond donors (Lipinski definition) is 1. The van der Waals surface area contributed by atoms with E-state index in [2.05, 4.69) is 21.2 Å². The average Bonchev–Trinajstić information content (AvgIpc) is 2.40. The van der Waals surface area contributed by atoms with Crippen LogP contribution in [0.3, 0.4) is 0 Å². The molecule has 0 heterocycles. The largest absolute Gasteiger partial charge is 0.321 e. The van der Waals surface area contributed by atoms with Gasteiger partial charge < -0.3 is 5.32 Å². The summed E-state index contributed by atoms with van der Waals surface area (Å²) in [5.41, 5.74) is 0.832. The molecule has 0 aliphatic heterocycles. The van der Waals surface area contributed by atoms with E-state index in [0.29, 0.717) is 27.9 Å². The quantitative estimate of drug-likeness (QED) is 0.778. The van der Waals surface area contributed by atoms with Gasteiger partial charge in [-0.3, -0.25) is 4.79 Å². The van der Waals surface area contributed by atoms with Crippen molar-refractivity contribution in [2.24, 2.45) is 0 Å². The fourth-order valence-electron chi connectivity index (χ4n) is 1.59. The molecule has 2 aromatic rings. The van der Waals surface area contributed by atoms with Crippen LogP contribution in [-0.4, -0.2) is 11.7 Å². The summed E-state index contributed by atoms with van der Waals surface area (Å²) in [5, 5.41) is 2.65. The van der Waals surface area contributed by atoms with E-state index in [1.807, 2.05) is 0 Å². The van der Waals surface area contributed by atoms with Crippen LogP contribution in [0.15, 0.2) is 57.9 Å². The zero-order chi connectivity index (χ0) is 14.5. The summed E-state index contributed by atoms with van der Waals surface area (Å²) in [5.74, 6) is -2.87. The van der Waals surface area contributed by atoms with Gasteiger partial charge in [-0.25, -0.2) is 0 Å². The summed E-state index contributed by atoms with van der Waals surface area (Å²) in [6.45, 7) is 0. The monoisotopic (exact) mass is 357 g/mol. The Labute approximate surface area is 127 Å². The molecule has 0 atom stereocenters. The van der Waals surface area contributed by atoms with E-state index in [1.165, 1.54) is 0 Å². The Balaban J connectivity index is 2.19. The van der Waals surface area contributed by atoms with E-state index in [-0.39, 0.29) is 5.91 Å². The molecule has 6 heteroatoms. The lowest BCUT2D eigenvalue weighted by molar-refractivity contribution is 0.102. The highest BCUT2D eigenvalue weighted by Crippen LogP contribution is 2.31. The zero-order valence-corrected chi connectivity index (χ0v) is 12.5. The van der Waals surface area contributed by atoms with Crippen molar-refractivity contribution in [1.29, 1.82) is 0 Å². The molecular formula is C14H10BrF2NOS. The normalized spacial score (nSPS) is 10.6. The van der Waals surface area contributed by atoms with Crippen LogP contribution in [0.1, 0.15) is 10.4 Å². The Morgan fingerprint density at radius 2 is 1.90 bits per heavy atom. The van der Waals surface area contributed by atoms with Crippen molar-refractivity contribution >= 4 is 39.3 Å². The fourth-order valence-corrected chi connectivity index (χ4v) is 2.59. The molecule has 0 saturated carbocycles. The highest BCUT2D eigenvalue weighted by atomic mass is 79.9. The van der Waals surface area contributed by atoms with E-state index in [9.17, 15) is 13.6 Å². The maximum Gasteiger partial charge on any atom is 0.288 e. The van der Waals surface area contributed by atoms with Crippen molar-refractivity contribution in [3.05, 3.63) is 58.6 Å². The summed E-state index contributed by atoms with van der Waals surface area (Å²) >= 11 is 3.69. The van der Waals surface area contributed by atoms with E-state index in [4.69, 9.17) is 0 Å². The Morgan fingerprint density at radius 3 is 2.60 bits per heavy atom. The smallest absolute Gasteiger partial charge is 0.288 e. The second-order valence-corrected chi connectivity index (χ2v) is 5.79. The Bertz CT molecular complexity index is 622. The molecular weight excluding hydrogens is 348 g/mol. The van der Waals surface area contributed by atoms with E-state index in [1.54, 1.807) is 48.5 Å². The average molecular weight is 358 g/mol. The van der Waals surface area contributed by atoms with Gasteiger partial charge in [-0.15, -0.1) is 0 Å². The van der Waals surface area contributed by atoms with Crippen LogP contribution in [0.4, 0.5) is 14.5 Å². The maximum absolute atomic E-state index is 12.5. The van der Waals surface area contributed by atoms with Crippen LogP contribution in [0.25, 0.3) is 0 Å². The summed E-state index contributed by atoms with van der Waals surface area (Å²) in [6, 6.07) is 13.3. The van der Waals surface area contributed by atoms with Gasteiger partial charge in [-0.05, 0) is 30.3 Å². The van der Waals surface area contributed by atoms with Crippen LogP contribution in [0, 0.1) is 0 Å². The number of para-hydroxylation sites is 1. The molecule has 0 aromatic heterocycles. The van der Waals surface area contributed by atoms with Crippen molar-refractivity contribution in [3.8, 4) is 0 Å². The Hall–Kier alpha value is -1.40. The molecule has 0 bridgehead atoms. The third kappa shape index (κ3) is 4.05. The van der Waals surface area contributed by atoms with Crippen molar-refractivity contribution in [3.63, 3.8) is 0 Å². The zero-order valence-electron chi connectivity index (χ0n) is 10.1. The van der Waals surface area contributed by atoms with Gasteiger partial charge in [0.2, 0.25) is 0 Å². The van der Waals surface area contributed by atoms with Gasteiger partial charge in [-0.2, -0.15) is 8.78 Å². The Kier molecular flexibility index (Phi) is 5.14. The lowest BCUT2D eigenvalue weighted by Crippen LogP contribution is -2.12. The summed E-state index contributed by atoms with van der Waals surface area (Å²) in [6.07, 6.45) is 0. The SMILES string of the molecule is O=C(Nc1ccccc1SC(F)F)c1cccc(Br)c1. The number of benzene rings is 2. The number of anilines is 1. The minimum absolute atomic E-state index is 0.339. The predicted octanol–water partition coefficient (Wildman–Crippen LogP) is 5.02. The number of carbonyl (C=O) groups is 1.